The Hall–Kier alpha value is -2.89. The summed E-state index contributed by atoms with van der Waals surface area (Å²) in [6.45, 7) is 2.60. The third-order valence-corrected chi connectivity index (χ3v) is 3.26. The Labute approximate surface area is 121 Å². The Morgan fingerprint density at radius 2 is 2.24 bits per heavy atom. The SMILES string of the molecule is CCn1cc(N)c(C(=O)Nc2cccc3cnccc23)n1. The van der Waals surface area contributed by atoms with E-state index >= 15 is 0 Å². The lowest BCUT2D eigenvalue weighted by Gasteiger charge is -2.07. The van der Waals surface area contributed by atoms with Crippen molar-refractivity contribution in [2.45, 2.75) is 13.5 Å². The highest BCUT2D eigenvalue weighted by Gasteiger charge is 2.15. The first-order valence-electron chi connectivity index (χ1n) is 6.66. The number of carbonyl (C=O) groups excluding carboxylic acids is 1. The van der Waals surface area contributed by atoms with E-state index in [0.717, 1.165) is 10.8 Å². The minimum absolute atomic E-state index is 0.239. The fourth-order valence-corrected chi connectivity index (χ4v) is 2.19. The number of nitrogens with two attached hydrogens (primary N) is 1. The molecule has 6 nitrogen and oxygen atoms in total. The van der Waals surface area contributed by atoms with Crippen LogP contribution in [0.15, 0.2) is 42.9 Å². The highest BCUT2D eigenvalue weighted by atomic mass is 16.2. The number of hydrogen-bond acceptors (Lipinski definition) is 4. The van der Waals surface area contributed by atoms with Gasteiger partial charge in [-0.2, -0.15) is 5.10 Å². The standard InChI is InChI=1S/C15H15N5O/c1-2-20-9-12(16)14(19-20)15(21)18-13-5-3-4-10-8-17-7-6-11(10)13/h3-9H,2,16H2,1H3,(H,18,21). The number of nitrogen functional groups attached to an aromatic ring is 1. The summed E-state index contributed by atoms with van der Waals surface area (Å²) in [6.07, 6.45) is 5.10. The third-order valence-electron chi connectivity index (χ3n) is 3.26. The van der Waals surface area contributed by atoms with Crippen LogP contribution in [0, 0.1) is 0 Å². The molecule has 106 valence electrons. The van der Waals surface area contributed by atoms with Crippen LogP contribution < -0.4 is 11.1 Å². The first-order valence-corrected chi connectivity index (χ1v) is 6.66. The summed E-state index contributed by atoms with van der Waals surface area (Å²) in [4.78, 5) is 16.4. The van der Waals surface area contributed by atoms with Crippen LogP contribution in [0.2, 0.25) is 0 Å². The maximum Gasteiger partial charge on any atom is 0.278 e. The van der Waals surface area contributed by atoms with Gasteiger partial charge in [-0.3, -0.25) is 14.5 Å². The average Bonchev–Trinajstić information content (AvgIpc) is 2.89. The van der Waals surface area contributed by atoms with Crippen molar-refractivity contribution < 1.29 is 4.79 Å². The predicted molar refractivity (Wildman–Crippen MR) is 82.0 cm³/mol. The van der Waals surface area contributed by atoms with Gasteiger partial charge in [-0.05, 0) is 19.1 Å². The second kappa shape index (κ2) is 5.24. The summed E-state index contributed by atoms with van der Waals surface area (Å²) in [6, 6.07) is 7.51. The van der Waals surface area contributed by atoms with Gasteiger partial charge in [0.1, 0.15) is 0 Å². The normalized spacial score (nSPS) is 10.7. The minimum atomic E-state index is -0.316. The number of benzene rings is 1. The van der Waals surface area contributed by atoms with Gasteiger partial charge >= 0.3 is 0 Å². The molecular weight excluding hydrogens is 266 g/mol. The zero-order chi connectivity index (χ0) is 14.8. The number of aromatic nitrogens is 3. The molecule has 0 aliphatic carbocycles. The molecule has 1 aromatic carbocycles. The quantitative estimate of drug-likeness (QED) is 0.771. The van der Waals surface area contributed by atoms with Gasteiger partial charge in [-0.1, -0.05) is 12.1 Å². The van der Waals surface area contributed by atoms with Crippen molar-refractivity contribution in [2.75, 3.05) is 11.1 Å². The smallest absolute Gasteiger partial charge is 0.278 e. The molecule has 0 bridgehead atoms. The zero-order valence-electron chi connectivity index (χ0n) is 11.6. The van der Waals surface area contributed by atoms with Crippen LogP contribution in [0.1, 0.15) is 17.4 Å². The molecule has 0 aliphatic heterocycles. The topological polar surface area (TPSA) is 85.8 Å². The molecule has 2 heterocycles. The molecule has 0 saturated carbocycles. The molecule has 0 spiro atoms. The Balaban J connectivity index is 1.94. The number of hydrogen-bond donors (Lipinski definition) is 2. The number of carbonyl (C=O) groups is 1. The van der Waals surface area contributed by atoms with Crippen LogP contribution in [0.5, 0.6) is 0 Å². The Morgan fingerprint density at radius 1 is 1.38 bits per heavy atom. The van der Waals surface area contributed by atoms with Gasteiger partial charge in [0, 0.05) is 41.6 Å². The lowest BCUT2D eigenvalue weighted by atomic mass is 10.1. The van der Waals surface area contributed by atoms with Crippen molar-refractivity contribution in [3.05, 3.63) is 48.5 Å². The molecule has 3 aromatic rings. The Bertz CT molecular complexity index is 803. The van der Waals surface area contributed by atoms with E-state index in [1.807, 2.05) is 31.2 Å². The number of nitrogens with one attached hydrogen (secondary N) is 1. The second-order valence-corrected chi connectivity index (χ2v) is 4.65. The van der Waals surface area contributed by atoms with Crippen LogP contribution in [0.4, 0.5) is 11.4 Å². The van der Waals surface area contributed by atoms with Crippen LogP contribution in [0.25, 0.3) is 10.8 Å². The summed E-state index contributed by atoms with van der Waals surface area (Å²) in [5.41, 5.74) is 7.15. The molecule has 0 saturated heterocycles. The Morgan fingerprint density at radius 3 is 3.00 bits per heavy atom. The highest BCUT2D eigenvalue weighted by Crippen LogP contribution is 2.23. The Kier molecular flexibility index (Phi) is 3.27. The molecule has 0 aliphatic rings. The molecule has 0 unspecified atom stereocenters. The van der Waals surface area contributed by atoms with Crippen molar-refractivity contribution in [2.24, 2.45) is 0 Å². The molecule has 6 heteroatoms. The van der Waals surface area contributed by atoms with Crippen molar-refractivity contribution in [1.29, 1.82) is 0 Å². The maximum absolute atomic E-state index is 12.3. The van der Waals surface area contributed by atoms with Crippen molar-refractivity contribution in [3.8, 4) is 0 Å². The first kappa shape index (κ1) is 13.1. The molecule has 0 radical (unpaired) electrons. The van der Waals surface area contributed by atoms with Crippen molar-refractivity contribution in [3.63, 3.8) is 0 Å². The van der Waals surface area contributed by atoms with Crippen molar-refractivity contribution in [1.82, 2.24) is 14.8 Å². The number of nitrogens with zero attached hydrogens (tertiary/aromatic N) is 3. The molecule has 0 fully saturated rings. The summed E-state index contributed by atoms with van der Waals surface area (Å²) in [5.74, 6) is -0.316. The van der Waals surface area contributed by atoms with Crippen LogP contribution in [0.3, 0.4) is 0 Å². The second-order valence-electron chi connectivity index (χ2n) is 4.65. The molecule has 21 heavy (non-hydrogen) atoms. The lowest BCUT2D eigenvalue weighted by Crippen LogP contribution is -2.15. The summed E-state index contributed by atoms with van der Waals surface area (Å²) in [5, 5.41) is 8.91. The van der Waals surface area contributed by atoms with E-state index in [1.165, 1.54) is 0 Å². The van der Waals surface area contributed by atoms with Gasteiger partial charge in [0.15, 0.2) is 5.69 Å². The molecule has 0 atom stereocenters. The van der Waals surface area contributed by atoms with Gasteiger partial charge in [0.05, 0.1) is 5.69 Å². The van der Waals surface area contributed by atoms with Gasteiger partial charge in [0.25, 0.3) is 5.91 Å². The van der Waals surface area contributed by atoms with E-state index in [0.29, 0.717) is 17.9 Å². The lowest BCUT2D eigenvalue weighted by molar-refractivity contribution is 0.102. The number of aryl methyl sites for hydroxylation is 1. The van der Waals surface area contributed by atoms with Crippen LogP contribution in [-0.4, -0.2) is 20.7 Å². The zero-order valence-corrected chi connectivity index (χ0v) is 11.6. The summed E-state index contributed by atoms with van der Waals surface area (Å²) < 4.78 is 1.64. The fourth-order valence-electron chi connectivity index (χ4n) is 2.19. The average molecular weight is 281 g/mol. The molecule has 1 amide bonds. The number of rotatable bonds is 3. The molecule has 3 rings (SSSR count). The summed E-state index contributed by atoms with van der Waals surface area (Å²) in [7, 11) is 0. The molecule has 3 N–H and O–H groups in total. The van der Waals surface area contributed by atoms with E-state index in [9.17, 15) is 4.79 Å². The summed E-state index contributed by atoms with van der Waals surface area (Å²) >= 11 is 0. The number of fused-ring (bicyclic) bond motifs is 1. The number of amides is 1. The molecule has 2 aromatic heterocycles. The van der Waals surface area contributed by atoms with E-state index in [1.54, 1.807) is 23.3 Å². The van der Waals surface area contributed by atoms with E-state index in [2.05, 4.69) is 15.4 Å². The maximum atomic E-state index is 12.3. The van der Waals surface area contributed by atoms with Gasteiger partial charge in [-0.25, -0.2) is 0 Å². The monoisotopic (exact) mass is 281 g/mol. The highest BCUT2D eigenvalue weighted by molar-refractivity contribution is 6.10. The van der Waals surface area contributed by atoms with Crippen LogP contribution in [-0.2, 0) is 6.54 Å². The van der Waals surface area contributed by atoms with Gasteiger partial charge in [0.2, 0.25) is 0 Å². The third kappa shape index (κ3) is 2.43. The largest absolute Gasteiger partial charge is 0.396 e. The van der Waals surface area contributed by atoms with Crippen molar-refractivity contribution >= 4 is 28.1 Å². The van der Waals surface area contributed by atoms with E-state index in [-0.39, 0.29) is 11.6 Å². The minimum Gasteiger partial charge on any atom is -0.396 e. The van der Waals surface area contributed by atoms with Gasteiger partial charge in [-0.15, -0.1) is 0 Å². The van der Waals surface area contributed by atoms with E-state index < -0.39 is 0 Å². The number of anilines is 2. The van der Waals surface area contributed by atoms with E-state index in [4.69, 9.17) is 5.73 Å². The number of pyridine rings is 1. The van der Waals surface area contributed by atoms with Gasteiger partial charge < -0.3 is 11.1 Å². The molecular formula is C15H15N5O. The van der Waals surface area contributed by atoms with Crippen LogP contribution >= 0.6 is 0 Å². The predicted octanol–water partition coefficient (Wildman–Crippen LogP) is 2.29. The fraction of sp³-hybridized carbons (Fsp3) is 0.133. The first-order chi connectivity index (χ1) is 10.2.